The number of rotatable bonds is 8. The molecule has 0 amide bonds. The van der Waals surface area contributed by atoms with Gasteiger partial charge in [-0.2, -0.15) is 0 Å². The number of carbonyl (C=O) groups is 1. The second-order valence-electron chi connectivity index (χ2n) is 10.6. The number of carboxylic acids is 1. The summed E-state index contributed by atoms with van der Waals surface area (Å²) in [6, 6.07) is 14.2. The average molecular weight is 549 g/mol. The van der Waals surface area contributed by atoms with E-state index < -0.39 is 23.6 Å². The lowest BCUT2D eigenvalue weighted by molar-refractivity contribution is -0.141. The van der Waals surface area contributed by atoms with Crippen molar-refractivity contribution in [2.45, 2.75) is 65.8 Å². The van der Waals surface area contributed by atoms with Crippen molar-refractivity contribution in [2.75, 3.05) is 6.54 Å². The molecule has 9 heteroatoms. The highest BCUT2D eigenvalue weighted by atomic mass is 19.1. The van der Waals surface area contributed by atoms with Crippen molar-refractivity contribution in [1.82, 2.24) is 19.9 Å². The Morgan fingerprint density at radius 1 is 1.18 bits per heavy atom. The Kier molecular flexibility index (Phi) is 7.85. The number of para-hydroxylation sites is 1. The van der Waals surface area contributed by atoms with Gasteiger partial charge in [0.2, 0.25) is 0 Å². The van der Waals surface area contributed by atoms with Crippen molar-refractivity contribution in [2.24, 2.45) is 5.92 Å². The van der Waals surface area contributed by atoms with Crippen LogP contribution in [-0.4, -0.2) is 43.6 Å². The van der Waals surface area contributed by atoms with Gasteiger partial charge in [0.15, 0.2) is 17.4 Å². The first-order valence-electron chi connectivity index (χ1n) is 13.7. The molecule has 0 bridgehead atoms. The molecule has 1 aliphatic heterocycles. The predicted octanol–water partition coefficient (Wildman–Crippen LogP) is 6.06. The molecule has 5 rings (SSSR count). The van der Waals surface area contributed by atoms with Gasteiger partial charge in [0.05, 0.1) is 11.4 Å². The number of aryl methyl sites for hydroxylation is 2. The molecule has 4 aromatic rings. The van der Waals surface area contributed by atoms with Gasteiger partial charge >= 0.3 is 5.97 Å². The van der Waals surface area contributed by atoms with Gasteiger partial charge in [-0.1, -0.05) is 55.5 Å². The van der Waals surface area contributed by atoms with Gasteiger partial charge in [-0.05, 0) is 54.7 Å². The number of ether oxygens (including phenoxy) is 1. The van der Waals surface area contributed by atoms with Crippen LogP contribution in [0.3, 0.4) is 0 Å². The number of carboxylic acid groups (broad SMARTS) is 1. The van der Waals surface area contributed by atoms with Crippen LogP contribution in [0.2, 0.25) is 0 Å². The van der Waals surface area contributed by atoms with Crippen molar-refractivity contribution in [3.05, 3.63) is 88.0 Å². The fourth-order valence-corrected chi connectivity index (χ4v) is 5.61. The fraction of sp³-hybridized carbons (Fsp3) is 0.387. The lowest BCUT2D eigenvalue weighted by Crippen LogP contribution is -2.32. The summed E-state index contributed by atoms with van der Waals surface area (Å²) in [6.07, 6.45) is 0.560. The average Bonchev–Trinajstić information content (AvgIpc) is 3.27. The monoisotopic (exact) mass is 548 g/mol. The minimum absolute atomic E-state index is 0.135. The van der Waals surface area contributed by atoms with Crippen molar-refractivity contribution < 1.29 is 23.4 Å². The highest BCUT2D eigenvalue weighted by Crippen LogP contribution is 2.37. The zero-order chi connectivity index (χ0) is 28.6. The molecule has 0 saturated heterocycles. The van der Waals surface area contributed by atoms with Crippen LogP contribution in [0.5, 0.6) is 5.75 Å². The third-order valence-electron chi connectivity index (χ3n) is 7.95. The molecule has 210 valence electrons. The van der Waals surface area contributed by atoms with E-state index in [4.69, 9.17) is 4.74 Å². The zero-order valence-electron chi connectivity index (χ0n) is 23.2. The summed E-state index contributed by atoms with van der Waals surface area (Å²) in [4.78, 5) is 14.4. The minimum atomic E-state index is -1.02. The zero-order valence-corrected chi connectivity index (χ0v) is 23.2. The first-order chi connectivity index (χ1) is 19.2. The number of nitrogens with zero attached hydrogens (tertiary/aromatic N) is 4. The maximum atomic E-state index is 15.9. The van der Waals surface area contributed by atoms with Gasteiger partial charge in [-0.15, -0.1) is 5.10 Å². The number of fused-ring (bicyclic) bond motifs is 2. The van der Waals surface area contributed by atoms with Gasteiger partial charge in [0.25, 0.3) is 0 Å². The molecule has 2 heterocycles. The molecule has 7 nitrogen and oxygen atoms in total. The first kappa shape index (κ1) is 27.7. The van der Waals surface area contributed by atoms with Gasteiger partial charge < -0.3 is 9.84 Å². The molecular weight excluding hydrogens is 514 g/mol. The van der Waals surface area contributed by atoms with Crippen LogP contribution in [0, 0.1) is 24.5 Å². The predicted molar refractivity (Wildman–Crippen MR) is 148 cm³/mol. The lowest BCUT2D eigenvalue weighted by Gasteiger charge is -2.26. The van der Waals surface area contributed by atoms with Crippen LogP contribution in [0.15, 0.2) is 48.5 Å². The van der Waals surface area contributed by atoms with Crippen LogP contribution in [0.25, 0.3) is 11.0 Å². The quantitative estimate of drug-likeness (QED) is 0.288. The van der Waals surface area contributed by atoms with E-state index in [0.717, 1.165) is 23.1 Å². The Labute approximate surface area is 232 Å². The highest BCUT2D eigenvalue weighted by Gasteiger charge is 2.31. The van der Waals surface area contributed by atoms with E-state index in [1.807, 2.05) is 45.0 Å². The molecule has 40 heavy (non-hydrogen) atoms. The maximum absolute atomic E-state index is 15.9. The number of hydrogen-bond acceptors (Lipinski definition) is 5. The third kappa shape index (κ3) is 5.18. The van der Waals surface area contributed by atoms with E-state index in [0.29, 0.717) is 43.0 Å². The molecule has 1 aliphatic rings. The van der Waals surface area contributed by atoms with Gasteiger partial charge in [0.1, 0.15) is 11.6 Å². The number of aliphatic carboxylic acids is 1. The molecule has 3 aromatic carbocycles. The van der Waals surface area contributed by atoms with E-state index in [1.165, 1.54) is 6.07 Å². The lowest BCUT2D eigenvalue weighted by atomic mass is 9.80. The summed E-state index contributed by atoms with van der Waals surface area (Å²) >= 11 is 0. The fourth-order valence-electron chi connectivity index (χ4n) is 5.61. The molecule has 3 atom stereocenters. The van der Waals surface area contributed by atoms with Crippen LogP contribution in [0.4, 0.5) is 8.78 Å². The Morgan fingerprint density at radius 2 is 1.98 bits per heavy atom. The van der Waals surface area contributed by atoms with E-state index in [1.54, 1.807) is 29.8 Å². The van der Waals surface area contributed by atoms with Crippen molar-refractivity contribution in [1.29, 1.82) is 0 Å². The second kappa shape index (κ2) is 11.3. The van der Waals surface area contributed by atoms with Crippen molar-refractivity contribution in [3.8, 4) is 5.75 Å². The summed E-state index contributed by atoms with van der Waals surface area (Å²) in [5.74, 6) is -3.25. The summed E-state index contributed by atoms with van der Waals surface area (Å²) in [6.45, 7) is 9.74. The largest absolute Gasteiger partial charge is 0.486 e. The van der Waals surface area contributed by atoms with Gasteiger partial charge in [-0.25, -0.2) is 13.5 Å². The van der Waals surface area contributed by atoms with Crippen LogP contribution in [0.1, 0.15) is 60.9 Å². The molecule has 1 N–H and O–H groups in total. The number of halogens is 2. The second-order valence-corrected chi connectivity index (χ2v) is 10.6. The van der Waals surface area contributed by atoms with Gasteiger partial charge in [0, 0.05) is 37.7 Å². The molecular formula is C31H34F2N4O3. The van der Waals surface area contributed by atoms with E-state index >= 15 is 4.39 Å². The molecule has 0 saturated carbocycles. The molecule has 0 fully saturated rings. The molecule has 0 spiro atoms. The number of benzene rings is 3. The normalized spacial score (nSPS) is 17.2. The summed E-state index contributed by atoms with van der Waals surface area (Å²) in [7, 11) is 0. The smallest absolute Gasteiger partial charge is 0.307 e. The topological polar surface area (TPSA) is 80.5 Å². The molecule has 0 unspecified atom stereocenters. The SMILES string of the molecule is CC[C@@H]1CN(Cc2cc([C@@H](c3ccc4c(nnn4CC)c3F)[C@@H](C)C(=O)O)ccc2C)Cc2cccc(F)c2O1. The van der Waals surface area contributed by atoms with Crippen molar-refractivity contribution in [3.63, 3.8) is 0 Å². The molecule has 1 aromatic heterocycles. The molecule has 0 aliphatic carbocycles. The van der Waals surface area contributed by atoms with Gasteiger partial charge in [-0.3, -0.25) is 9.69 Å². The number of hydrogen-bond donors (Lipinski definition) is 1. The van der Waals surface area contributed by atoms with E-state index in [9.17, 15) is 14.3 Å². The third-order valence-corrected chi connectivity index (χ3v) is 7.95. The summed E-state index contributed by atoms with van der Waals surface area (Å²) < 4.78 is 38.1. The van der Waals surface area contributed by atoms with Crippen LogP contribution in [-0.2, 0) is 24.4 Å². The van der Waals surface area contributed by atoms with Crippen molar-refractivity contribution >= 4 is 17.0 Å². The first-order valence-corrected chi connectivity index (χ1v) is 13.7. The Morgan fingerprint density at radius 3 is 2.70 bits per heavy atom. The van der Waals surface area contributed by atoms with Crippen LogP contribution >= 0.6 is 0 Å². The number of aromatic nitrogens is 3. The Bertz CT molecular complexity index is 1550. The minimum Gasteiger partial charge on any atom is -0.486 e. The molecule has 0 radical (unpaired) electrons. The summed E-state index contributed by atoms with van der Waals surface area (Å²) in [5.41, 5.74) is 4.51. The Balaban J connectivity index is 1.53. The summed E-state index contributed by atoms with van der Waals surface area (Å²) in [5, 5.41) is 18.1. The van der Waals surface area contributed by atoms with E-state index in [2.05, 4.69) is 15.2 Å². The standard InChI is InChI=1S/C31H34F2N4O3/c1-5-23-17-36(15-21-8-7-9-25(32)30(21)40-23)16-22-14-20(11-10-18(22)3)27(19(4)31(38)39)24-12-13-26-29(28(24)33)34-35-37(26)6-2/h7-14,19,23,27H,5-6,15-17H2,1-4H3,(H,38,39)/t19-,23-,27+/m1/s1. The van der Waals surface area contributed by atoms with Crippen LogP contribution < -0.4 is 4.74 Å². The Hall–Kier alpha value is -3.85. The highest BCUT2D eigenvalue weighted by molar-refractivity contribution is 5.78. The maximum Gasteiger partial charge on any atom is 0.307 e. The van der Waals surface area contributed by atoms with E-state index in [-0.39, 0.29) is 23.0 Å².